The summed E-state index contributed by atoms with van der Waals surface area (Å²) in [5, 5.41) is 2.30. The Morgan fingerprint density at radius 3 is 2.17 bits per heavy atom. The molecule has 0 unspecified atom stereocenters. The molecule has 0 saturated carbocycles. The molecular formula is C26H23F2N3O5. The largest absolute Gasteiger partial charge is 0.444 e. The van der Waals surface area contributed by atoms with Gasteiger partial charge in [0.25, 0.3) is 11.8 Å². The summed E-state index contributed by atoms with van der Waals surface area (Å²) < 4.78 is 38.1. The van der Waals surface area contributed by atoms with Crippen molar-refractivity contribution < 1.29 is 32.6 Å². The van der Waals surface area contributed by atoms with E-state index in [1.807, 2.05) is 30.3 Å². The lowest BCUT2D eigenvalue weighted by Gasteiger charge is -2.12. The number of ether oxygens (including phenoxy) is 2. The third-order valence-corrected chi connectivity index (χ3v) is 4.69. The van der Waals surface area contributed by atoms with E-state index in [4.69, 9.17) is 9.47 Å². The summed E-state index contributed by atoms with van der Waals surface area (Å²) in [6.07, 6.45) is 2.35. The van der Waals surface area contributed by atoms with Crippen molar-refractivity contribution in [1.29, 1.82) is 0 Å². The number of hydrogen-bond acceptors (Lipinski definition) is 5. The van der Waals surface area contributed by atoms with Crippen LogP contribution < -0.4 is 16.2 Å². The number of benzene rings is 3. The Hall–Kier alpha value is -4.57. The summed E-state index contributed by atoms with van der Waals surface area (Å²) in [6.45, 7) is 0.725. The van der Waals surface area contributed by atoms with Gasteiger partial charge >= 0.3 is 6.09 Å². The highest BCUT2D eigenvalue weighted by Crippen LogP contribution is 2.18. The van der Waals surface area contributed by atoms with Crippen molar-refractivity contribution in [1.82, 2.24) is 10.9 Å². The van der Waals surface area contributed by atoms with Gasteiger partial charge in [0.05, 0.1) is 24.5 Å². The number of halogens is 2. The standard InChI is InChI=1S/C26H23F2N3O5/c27-20-12-8-13-21(28)23(20)25(33)29-22-14-5-4-11-19(22)24(32)30-31-26(34)36-16-7-6-15-35-17-18-9-2-1-3-10-18/h1-14H,15-17H2,(H,29,33)(H,30,32)(H,31,34)/b7-6+. The summed E-state index contributed by atoms with van der Waals surface area (Å²) in [4.78, 5) is 36.6. The van der Waals surface area contributed by atoms with Crippen molar-refractivity contribution in [3.63, 3.8) is 0 Å². The van der Waals surface area contributed by atoms with Crippen LogP contribution in [0.5, 0.6) is 0 Å². The number of para-hydroxylation sites is 1. The summed E-state index contributed by atoms with van der Waals surface area (Å²) in [5.74, 6) is -3.95. The average Bonchev–Trinajstić information content (AvgIpc) is 2.87. The first-order valence-electron chi connectivity index (χ1n) is 10.8. The van der Waals surface area contributed by atoms with Crippen molar-refractivity contribution in [2.45, 2.75) is 6.61 Å². The molecule has 0 aliphatic rings. The van der Waals surface area contributed by atoms with E-state index in [2.05, 4.69) is 16.2 Å². The number of hydrogen-bond donors (Lipinski definition) is 3. The monoisotopic (exact) mass is 495 g/mol. The number of nitrogens with one attached hydrogen (secondary N) is 3. The predicted molar refractivity (Wildman–Crippen MR) is 128 cm³/mol. The Balaban J connectivity index is 1.43. The van der Waals surface area contributed by atoms with Crippen LogP contribution in [0.3, 0.4) is 0 Å². The molecule has 3 amide bonds. The third-order valence-electron chi connectivity index (χ3n) is 4.69. The summed E-state index contributed by atoms with van der Waals surface area (Å²) in [6, 6.07) is 18.4. The van der Waals surface area contributed by atoms with Gasteiger partial charge in [-0.15, -0.1) is 0 Å². The molecule has 3 aromatic carbocycles. The van der Waals surface area contributed by atoms with Crippen molar-refractivity contribution in [2.24, 2.45) is 0 Å². The second-order valence-electron chi connectivity index (χ2n) is 7.25. The molecule has 186 valence electrons. The number of rotatable bonds is 9. The molecule has 0 atom stereocenters. The first-order valence-corrected chi connectivity index (χ1v) is 10.8. The molecule has 3 aromatic rings. The van der Waals surface area contributed by atoms with E-state index in [9.17, 15) is 23.2 Å². The molecule has 3 rings (SSSR count). The molecule has 0 aromatic heterocycles. The first kappa shape index (κ1) is 26.0. The Bertz CT molecular complexity index is 1220. The van der Waals surface area contributed by atoms with Gasteiger partial charge in [0.2, 0.25) is 0 Å². The maximum absolute atomic E-state index is 13.9. The zero-order chi connectivity index (χ0) is 25.8. The van der Waals surface area contributed by atoms with E-state index >= 15 is 0 Å². The fraction of sp³-hybridized carbons (Fsp3) is 0.115. The SMILES string of the molecule is O=C(NNC(=O)c1ccccc1NC(=O)c1c(F)cccc1F)OC/C=C/COCc1ccccc1. The van der Waals surface area contributed by atoms with Crippen LogP contribution in [0.1, 0.15) is 26.3 Å². The van der Waals surface area contributed by atoms with Gasteiger partial charge in [-0.1, -0.05) is 54.6 Å². The van der Waals surface area contributed by atoms with Crippen molar-refractivity contribution in [3.05, 3.63) is 113 Å². The van der Waals surface area contributed by atoms with Crippen molar-refractivity contribution >= 4 is 23.6 Å². The molecule has 8 nitrogen and oxygen atoms in total. The molecule has 0 saturated heterocycles. The van der Waals surface area contributed by atoms with Crippen LogP contribution >= 0.6 is 0 Å². The fourth-order valence-corrected chi connectivity index (χ4v) is 2.98. The van der Waals surface area contributed by atoms with Crippen LogP contribution in [0.2, 0.25) is 0 Å². The number of anilines is 1. The van der Waals surface area contributed by atoms with Crippen LogP contribution in [0.25, 0.3) is 0 Å². The number of carbonyl (C=O) groups is 3. The highest BCUT2D eigenvalue weighted by molar-refractivity contribution is 6.09. The molecular weight excluding hydrogens is 472 g/mol. The van der Waals surface area contributed by atoms with Gasteiger partial charge in [-0.25, -0.2) is 19.0 Å². The number of carbonyl (C=O) groups excluding carboxylic acids is 3. The molecule has 10 heteroatoms. The molecule has 3 N–H and O–H groups in total. The average molecular weight is 495 g/mol. The van der Waals surface area contributed by atoms with Crippen molar-refractivity contribution in [3.8, 4) is 0 Å². The fourth-order valence-electron chi connectivity index (χ4n) is 2.98. The van der Waals surface area contributed by atoms with Gasteiger partial charge in [0.15, 0.2) is 0 Å². The maximum Gasteiger partial charge on any atom is 0.426 e. The van der Waals surface area contributed by atoms with Gasteiger partial charge in [0, 0.05) is 0 Å². The molecule has 0 heterocycles. The van der Waals surface area contributed by atoms with E-state index < -0.39 is 35.1 Å². The zero-order valence-corrected chi connectivity index (χ0v) is 19.0. The smallest absolute Gasteiger partial charge is 0.426 e. The van der Waals surface area contributed by atoms with E-state index in [0.29, 0.717) is 13.2 Å². The Morgan fingerprint density at radius 1 is 0.750 bits per heavy atom. The lowest BCUT2D eigenvalue weighted by atomic mass is 10.1. The van der Waals surface area contributed by atoms with Crippen LogP contribution in [0.4, 0.5) is 19.3 Å². The summed E-state index contributed by atoms with van der Waals surface area (Å²) >= 11 is 0. The molecule has 0 aliphatic heterocycles. The first-order chi connectivity index (χ1) is 17.5. The van der Waals surface area contributed by atoms with E-state index in [1.54, 1.807) is 12.2 Å². The van der Waals surface area contributed by atoms with Crippen LogP contribution in [0.15, 0.2) is 84.9 Å². The second-order valence-corrected chi connectivity index (χ2v) is 7.25. The lowest BCUT2D eigenvalue weighted by molar-refractivity contribution is 0.0916. The highest BCUT2D eigenvalue weighted by atomic mass is 19.1. The van der Waals surface area contributed by atoms with Crippen molar-refractivity contribution in [2.75, 3.05) is 18.5 Å². The van der Waals surface area contributed by atoms with Gasteiger partial charge in [-0.05, 0) is 35.9 Å². The summed E-state index contributed by atoms with van der Waals surface area (Å²) in [5.41, 5.74) is 4.40. The normalized spacial score (nSPS) is 10.6. The minimum absolute atomic E-state index is 0.0174. The van der Waals surface area contributed by atoms with E-state index in [1.165, 1.54) is 24.3 Å². The van der Waals surface area contributed by atoms with Gasteiger partial charge in [-0.2, -0.15) is 0 Å². The number of hydrazine groups is 1. The molecule has 0 aliphatic carbocycles. The molecule has 0 radical (unpaired) electrons. The minimum atomic E-state index is -1.07. The Labute approximate surface area is 205 Å². The minimum Gasteiger partial charge on any atom is -0.444 e. The quantitative estimate of drug-likeness (QED) is 0.232. The van der Waals surface area contributed by atoms with Gasteiger partial charge < -0.3 is 14.8 Å². The Morgan fingerprint density at radius 2 is 1.42 bits per heavy atom. The lowest BCUT2D eigenvalue weighted by Crippen LogP contribution is -2.42. The molecule has 36 heavy (non-hydrogen) atoms. The van der Waals surface area contributed by atoms with E-state index in [-0.39, 0.29) is 17.9 Å². The van der Waals surface area contributed by atoms with Gasteiger partial charge in [-0.3, -0.25) is 15.0 Å². The topological polar surface area (TPSA) is 106 Å². The zero-order valence-electron chi connectivity index (χ0n) is 19.0. The maximum atomic E-state index is 13.9. The molecule has 0 fully saturated rings. The molecule has 0 spiro atoms. The van der Waals surface area contributed by atoms with E-state index in [0.717, 1.165) is 23.8 Å². The second kappa shape index (κ2) is 13.4. The van der Waals surface area contributed by atoms with Crippen LogP contribution in [-0.4, -0.2) is 31.1 Å². The Kier molecular flexibility index (Phi) is 9.66. The summed E-state index contributed by atoms with van der Waals surface area (Å²) in [7, 11) is 0. The third kappa shape index (κ3) is 7.74. The number of amides is 3. The predicted octanol–water partition coefficient (Wildman–Crippen LogP) is 4.36. The van der Waals surface area contributed by atoms with Crippen LogP contribution in [-0.2, 0) is 16.1 Å². The van der Waals surface area contributed by atoms with Crippen LogP contribution in [0, 0.1) is 11.6 Å². The molecule has 0 bridgehead atoms. The van der Waals surface area contributed by atoms with Gasteiger partial charge in [0.1, 0.15) is 23.8 Å². The highest BCUT2D eigenvalue weighted by Gasteiger charge is 2.20.